The SMILES string of the molecule is Cn1ccc(CN2CCCNC(C3CC3)C2)n1. The molecular weight excluding hydrogens is 212 g/mol. The molecule has 0 spiro atoms. The molecule has 17 heavy (non-hydrogen) atoms. The van der Waals surface area contributed by atoms with Gasteiger partial charge in [0.15, 0.2) is 0 Å². The summed E-state index contributed by atoms with van der Waals surface area (Å²) in [6.07, 6.45) is 6.14. The van der Waals surface area contributed by atoms with Gasteiger partial charge in [0.2, 0.25) is 0 Å². The number of rotatable bonds is 3. The fourth-order valence-corrected chi connectivity index (χ4v) is 2.76. The minimum Gasteiger partial charge on any atom is -0.312 e. The molecule has 1 saturated heterocycles. The number of nitrogens with one attached hydrogen (secondary N) is 1. The molecule has 2 aliphatic rings. The van der Waals surface area contributed by atoms with Crippen molar-refractivity contribution >= 4 is 0 Å². The Balaban J connectivity index is 1.60. The van der Waals surface area contributed by atoms with Gasteiger partial charge in [-0.3, -0.25) is 9.58 Å². The summed E-state index contributed by atoms with van der Waals surface area (Å²) in [6, 6.07) is 2.85. The highest BCUT2D eigenvalue weighted by molar-refractivity contribution is 4.99. The molecule has 1 aliphatic carbocycles. The summed E-state index contributed by atoms with van der Waals surface area (Å²) in [4.78, 5) is 2.56. The van der Waals surface area contributed by atoms with Gasteiger partial charge in [-0.15, -0.1) is 0 Å². The van der Waals surface area contributed by atoms with Crippen LogP contribution in [0.5, 0.6) is 0 Å². The van der Waals surface area contributed by atoms with E-state index in [2.05, 4.69) is 21.4 Å². The summed E-state index contributed by atoms with van der Waals surface area (Å²) < 4.78 is 1.89. The van der Waals surface area contributed by atoms with Gasteiger partial charge in [-0.1, -0.05) is 0 Å². The molecule has 0 aromatic carbocycles. The summed E-state index contributed by atoms with van der Waals surface area (Å²) in [6.45, 7) is 4.58. The minimum atomic E-state index is 0.723. The zero-order valence-corrected chi connectivity index (χ0v) is 10.6. The second kappa shape index (κ2) is 4.78. The highest BCUT2D eigenvalue weighted by Crippen LogP contribution is 2.33. The van der Waals surface area contributed by atoms with Crippen molar-refractivity contribution in [1.29, 1.82) is 0 Å². The third kappa shape index (κ3) is 2.87. The van der Waals surface area contributed by atoms with Gasteiger partial charge in [0.05, 0.1) is 5.69 Å². The van der Waals surface area contributed by atoms with Crippen molar-refractivity contribution in [2.45, 2.75) is 31.8 Å². The first kappa shape index (κ1) is 11.2. The van der Waals surface area contributed by atoms with Crippen LogP contribution in [0.25, 0.3) is 0 Å². The molecule has 4 heteroatoms. The predicted octanol–water partition coefficient (Wildman–Crippen LogP) is 0.994. The standard InChI is InChI=1S/C13H22N4/c1-16-8-5-12(15-16)9-17-7-2-6-14-13(10-17)11-3-4-11/h5,8,11,13-14H,2-4,6-7,9-10H2,1H3. The van der Waals surface area contributed by atoms with Crippen LogP contribution in [0.4, 0.5) is 0 Å². The van der Waals surface area contributed by atoms with Crippen molar-refractivity contribution in [2.24, 2.45) is 13.0 Å². The Bertz CT molecular complexity index is 369. The van der Waals surface area contributed by atoms with E-state index in [9.17, 15) is 0 Å². The van der Waals surface area contributed by atoms with E-state index < -0.39 is 0 Å². The summed E-state index contributed by atoms with van der Waals surface area (Å²) >= 11 is 0. The molecule has 2 fully saturated rings. The first-order valence-electron chi connectivity index (χ1n) is 6.75. The monoisotopic (exact) mass is 234 g/mol. The normalized spacial score (nSPS) is 27.0. The fraction of sp³-hybridized carbons (Fsp3) is 0.769. The van der Waals surface area contributed by atoms with E-state index in [4.69, 9.17) is 0 Å². The second-order valence-electron chi connectivity index (χ2n) is 5.47. The zero-order valence-electron chi connectivity index (χ0n) is 10.6. The van der Waals surface area contributed by atoms with Crippen molar-refractivity contribution in [3.05, 3.63) is 18.0 Å². The lowest BCUT2D eigenvalue weighted by molar-refractivity contribution is 0.247. The van der Waals surface area contributed by atoms with Gasteiger partial charge in [-0.2, -0.15) is 5.10 Å². The fourth-order valence-electron chi connectivity index (χ4n) is 2.76. The lowest BCUT2D eigenvalue weighted by Gasteiger charge is -2.23. The summed E-state index contributed by atoms with van der Waals surface area (Å²) in [5, 5.41) is 8.17. The Morgan fingerprint density at radius 2 is 2.35 bits per heavy atom. The smallest absolute Gasteiger partial charge is 0.0764 e. The van der Waals surface area contributed by atoms with E-state index in [-0.39, 0.29) is 0 Å². The van der Waals surface area contributed by atoms with E-state index in [1.807, 2.05) is 17.9 Å². The summed E-state index contributed by atoms with van der Waals surface area (Å²) in [5.41, 5.74) is 1.20. The number of aryl methyl sites for hydroxylation is 1. The maximum absolute atomic E-state index is 4.48. The average molecular weight is 234 g/mol. The maximum atomic E-state index is 4.48. The number of hydrogen-bond acceptors (Lipinski definition) is 3. The van der Waals surface area contributed by atoms with Crippen LogP contribution < -0.4 is 5.32 Å². The molecule has 0 bridgehead atoms. The van der Waals surface area contributed by atoms with Gasteiger partial charge < -0.3 is 5.32 Å². The first-order valence-corrected chi connectivity index (χ1v) is 6.75. The third-order valence-corrected chi connectivity index (χ3v) is 3.86. The van der Waals surface area contributed by atoms with Crippen molar-refractivity contribution in [3.8, 4) is 0 Å². The molecule has 1 aliphatic heterocycles. The van der Waals surface area contributed by atoms with Gasteiger partial charge in [0.25, 0.3) is 0 Å². The number of hydrogen-bond donors (Lipinski definition) is 1. The van der Waals surface area contributed by atoms with Crippen molar-refractivity contribution in [2.75, 3.05) is 19.6 Å². The number of nitrogens with zero attached hydrogens (tertiary/aromatic N) is 3. The molecule has 1 unspecified atom stereocenters. The zero-order chi connectivity index (χ0) is 11.7. The Hall–Kier alpha value is -0.870. The Morgan fingerprint density at radius 3 is 3.06 bits per heavy atom. The van der Waals surface area contributed by atoms with E-state index in [1.165, 1.54) is 44.6 Å². The molecule has 1 saturated carbocycles. The van der Waals surface area contributed by atoms with Crippen molar-refractivity contribution in [3.63, 3.8) is 0 Å². The molecule has 3 rings (SSSR count). The molecular formula is C13H22N4. The molecule has 4 nitrogen and oxygen atoms in total. The predicted molar refractivity (Wildman–Crippen MR) is 67.6 cm³/mol. The topological polar surface area (TPSA) is 33.1 Å². The molecule has 1 aromatic rings. The van der Waals surface area contributed by atoms with Crippen molar-refractivity contribution in [1.82, 2.24) is 20.0 Å². The van der Waals surface area contributed by atoms with Crippen LogP contribution in [-0.4, -0.2) is 40.4 Å². The minimum absolute atomic E-state index is 0.723. The van der Waals surface area contributed by atoms with Crippen LogP contribution in [0, 0.1) is 5.92 Å². The molecule has 0 radical (unpaired) electrons. The highest BCUT2D eigenvalue weighted by Gasteiger charge is 2.33. The van der Waals surface area contributed by atoms with Crippen LogP contribution in [0.3, 0.4) is 0 Å². The van der Waals surface area contributed by atoms with Crippen molar-refractivity contribution < 1.29 is 0 Å². The van der Waals surface area contributed by atoms with Gasteiger partial charge in [0, 0.05) is 32.4 Å². The summed E-state index contributed by atoms with van der Waals surface area (Å²) in [7, 11) is 1.99. The lowest BCUT2D eigenvalue weighted by Crippen LogP contribution is -2.39. The van der Waals surface area contributed by atoms with Gasteiger partial charge in [-0.05, 0) is 44.3 Å². The highest BCUT2D eigenvalue weighted by atomic mass is 15.3. The second-order valence-corrected chi connectivity index (χ2v) is 5.47. The van der Waals surface area contributed by atoms with Gasteiger partial charge in [0.1, 0.15) is 0 Å². The van der Waals surface area contributed by atoms with E-state index in [0.29, 0.717) is 0 Å². The van der Waals surface area contributed by atoms with Gasteiger partial charge in [-0.25, -0.2) is 0 Å². The van der Waals surface area contributed by atoms with E-state index in [1.54, 1.807) is 0 Å². The molecule has 1 N–H and O–H groups in total. The molecule has 0 amide bonds. The first-order chi connectivity index (χ1) is 8.31. The quantitative estimate of drug-likeness (QED) is 0.847. The Labute approximate surface area is 103 Å². The van der Waals surface area contributed by atoms with E-state index in [0.717, 1.165) is 18.5 Å². The average Bonchev–Trinajstić information content (AvgIpc) is 3.07. The van der Waals surface area contributed by atoms with Crippen LogP contribution in [0.1, 0.15) is 25.0 Å². The molecule has 1 atom stereocenters. The Morgan fingerprint density at radius 1 is 1.47 bits per heavy atom. The van der Waals surface area contributed by atoms with Crippen LogP contribution >= 0.6 is 0 Å². The lowest BCUT2D eigenvalue weighted by atomic mass is 10.2. The Kier molecular flexibility index (Phi) is 3.16. The van der Waals surface area contributed by atoms with E-state index >= 15 is 0 Å². The largest absolute Gasteiger partial charge is 0.312 e. The van der Waals surface area contributed by atoms with Gasteiger partial charge >= 0.3 is 0 Å². The van der Waals surface area contributed by atoms with Crippen LogP contribution in [-0.2, 0) is 13.6 Å². The number of aromatic nitrogens is 2. The van der Waals surface area contributed by atoms with Crippen LogP contribution in [0.2, 0.25) is 0 Å². The third-order valence-electron chi connectivity index (χ3n) is 3.86. The molecule has 2 heterocycles. The molecule has 94 valence electrons. The maximum Gasteiger partial charge on any atom is 0.0764 e. The summed E-state index contributed by atoms with van der Waals surface area (Å²) in [5.74, 6) is 0.944. The molecule has 1 aromatic heterocycles. The van der Waals surface area contributed by atoms with Crippen LogP contribution in [0.15, 0.2) is 12.3 Å².